The van der Waals surface area contributed by atoms with E-state index in [1.807, 2.05) is 16.0 Å². The van der Waals surface area contributed by atoms with Gasteiger partial charge in [-0.15, -0.1) is 11.3 Å². The van der Waals surface area contributed by atoms with Crippen LogP contribution in [0, 0.1) is 0 Å². The van der Waals surface area contributed by atoms with Gasteiger partial charge in [0.2, 0.25) is 0 Å². The van der Waals surface area contributed by atoms with E-state index in [2.05, 4.69) is 40.8 Å². The zero-order valence-electron chi connectivity index (χ0n) is 12.6. The number of fused-ring (bicyclic) bond motifs is 1. The van der Waals surface area contributed by atoms with Crippen LogP contribution < -0.4 is 11.3 Å². The predicted octanol–water partition coefficient (Wildman–Crippen LogP) is 2.42. The van der Waals surface area contributed by atoms with Gasteiger partial charge in [0.15, 0.2) is 0 Å². The topological polar surface area (TPSA) is 68.8 Å². The van der Waals surface area contributed by atoms with Crippen molar-refractivity contribution in [3.63, 3.8) is 0 Å². The fourth-order valence-electron chi connectivity index (χ4n) is 3.31. The molecule has 2 heterocycles. The molecule has 3 rings (SSSR count). The molecule has 0 aliphatic heterocycles. The van der Waals surface area contributed by atoms with Gasteiger partial charge in [0, 0.05) is 29.3 Å². The molecule has 2 atom stereocenters. The van der Waals surface area contributed by atoms with Crippen LogP contribution in [0.15, 0.2) is 17.8 Å². The van der Waals surface area contributed by atoms with Crippen LogP contribution in [-0.4, -0.2) is 20.8 Å². The maximum Gasteiger partial charge on any atom is 0.138 e. The summed E-state index contributed by atoms with van der Waals surface area (Å²) in [6.07, 6.45) is 6.10. The van der Waals surface area contributed by atoms with E-state index in [1.165, 1.54) is 29.7 Å². The summed E-state index contributed by atoms with van der Waals surface area (Å²) in [5.74, 6) is 7.35. The zero-order valence-corrected chi connectivity index (χ0v) is 13.4. The van der Waals surface area contributed by atoms with Gasteiger partial charge in [-0.1, -0.05) is 0 Å². The van der Waals surface area contributed by atoms with Gasteiger partial charge in [-0.25, -0.2) is 9.67 Å². The molecule has 0 aromatic carbocycles. The van der Waals surface area contributed by atoms with Gasteiger partial charge in [0.25, 0.3) is 0 Å². The molecule has 0 fully saturated rings. The van der Waals surface area contributed by atoms with Crippen LogP contribution in [0.4, 0.5) is 0 Å². The highest BCUT2D eigenvalue weighted by atomic mass is 32.1. The summed E-state index contributed by atoms with van der Waals surface area (Å²) in [5, 5.41) is 6.52. The van der Waals surface area contributed by atoms with E-state index in [4.69, 9.17) is 5.84 Å². The summed E-state index contributed by atoms with van der Waals surface area (Å²) < 4.78 is 1.99. The van der Waals surface area contributed by atoms with Gasteiger partial charge in [-0.05, 0) is 50.1 Å². The third kappa shape index (κ3) is 2.88. The number of aryl methyl sites for hydroxylation is 1. The summed E-state index contributed by atoms with van der Waals surface area (Å²) >= 11 is 1.87. The lowest BCUT2D eigenvalue weighted by atomic mass is 9.81. The molecule has 0 saturated carbocycles. The minimum absolute atomic E-state index is 0.209. The first-order valence-corrected chi connectivity index (χ1v) is 8.49. The standard InChI is InChI=1S/C15H23N5S/c1-10(2)20-15(17-9-18-20)8-13(19-16)11-4-3-5-14-12(11)6-7-21-14/h6-7,9-11,13,19H,3-5,8,16H2,1-2H3. The predicted molar refractivity (Wildman–Crippen MR) is 85.2 cm³/mol. The highest BCUT2D eigenvalue weighted by Crippen LogP contribution is 2.37. The van der Waals surface area contributed by atoms with E-state index < -0.39 is 0 Å². The summed E-state index contributed by atoms with van der Waals surface area (Å²) in [5.41, 5.74) is 4.51. The molecular weight excluding hydrogens is 282 g/mol. The van der Waals surface area contributed by atoms with E-state index in [0.717, 1.165) is 12.2 Å². The largest absolute Gasteiger partial charge is 0.271 e. The highest BCUT2D eigenvalue weighted by molar-refractivity contribution is 7.10. The quantitative estimate of drug-likeness (QED) is 0.657. The van der Waals surface area contributed by atoms with E-state index in [9.17, 15) is 0 Å². The minimum atomic E-state index is 0.209. The third-order valence-corrected chi connectivity index (χ3v) is 5.33. The lowest BCUT2D eigenvalue weighted by Crippen LogP contribution is -2.42. The Morgan fingerprint density at radius 1 is 1.52 bits per heavy atom. The van der Waals surface area contributed by atoms with Crippen LogP contribution in [0.25, 0.3) is 0 Å². The number of nitrogens with two attached hydrogens (primary N) is 1. The Kier molecular flexibility index (Phi) is 4.37. The Morgan fingerprint density at radius 3 is 3.14 bits per heavy atom. The molecule has 0 spiro atoms. The minimum Gasteiger partial charge on any atom is -0.271 e. The van der Waals surface area contributed by atoms with E-state index >= 15 is 0 Å². The molecule has 2 aromatic rings. The molecule has 6 heteroatoms. The normalized spacial score (nSPS) is 19.7. The van der Waals surface area contributed by atoms with Crippen LogP contribution in [-0.2, 0) is 12.8 Å². The van der Waals surface area contributed by atoms with Crippen molar-refractivity contribution in [3.8, 4) is 0 Å². The average Bonchev–Trinajstić information content (AvgIpc) is 3.12. The number of rotatable bonds is 5. The van der Waals surface area contributed by atoms with Gasteiger partial charge in [0.05, 0.1) is 0 Å². The third-order valence-electron chi connectivity index (χ3n) is 4.34. The summed E-state index contributed by atoms with van der Waals surface area (Å²) in [7, 11) is 0. The molecule has 114 valence electrons. The van der Waals surface area contributed by atoms with E-state index in [0.29, 0.717) is 12.0 Å². The molecule has 2 aromatic heterocycles. The Labute approximate surface area is 129 Å². The first kappa shape index (κ1) is 14.7. The van der Waals surface area contributed by atoms with Gasteiger partial charge < -0.3 is 0 Å². The number of aromatic nitrogens is 3. The van der Waals surface area contributed by atoms with Crippen molar-refractivity contribution in [3.05, 3.63) is 34.0 Å². The maximum absolute atomic E-state index is 5.87. The lowest BCUT2D eigenvalue weighted by Gasteiger charge is -2.30. The van der Waals surface area contributed by atoms with Crippen molar-refractivity contribution in [2.24, 2.45) is 5.84 Å². The fourth-order valence-corrected chi connectivity index (χ4v) is 4.30. The number of nitrogens with one attached hydrogen (secondary N) is 1. The van der Waals surface area contributed by atoms with Gasteiger partial charge >= 0.3 is 0 Å². The lowest BCUT2D eigenvalue weighted by molar-refractivity contribution is 0.380. The second-order valence-electron chi connectivity index (χ2n) is 5.99. The molecule has 5 nitrogen and oxygen atoms in total. The second kappa shape index (κ2) is 6.25. The van der Waals surface area contributed by atoms with E-state index in [-0.39, 0.29) is 6.04 Å². The summed E-state index contributed by atoms with van der Waals surface area (Å²) in [4.78, 5) is 5.95. The molecule has 21 heavy (non-hydrogen) atoms. The number of hydrazine groups is 1. The first-order chi connectivity index (χ1) is 10.2. The Bertz CT molecular complexity index is 588. The van der Waals surface area contributed by atoms with Crippen molar-refractivity contribution in [2.75, 3.05) is 0 Å². The summed E-state index contributed by atoms with van der Waals surface area (Å²) in [6, 6.07) is 2.80. The molecule has 0 amide bonds. The Hall–Kier alpha value is -1.24. The van der Waals surface area contributed by atoms with Crippen LogP contribution in [0.3, 0.4) is 0 Å². The molecular formula is C15H23N5S. The molecule has 1 aliphatic carbocycles. The molecule has 0 radical (unpaired) electrons. The van der Waals surface area contributed by atoms with E-state index in [1.54, 1.807) is 6.33 Å². The SMILES string of the molecule is CC(C)n1ncnc1CC(NN)C1CCCc2sccc21. The maximum atomic E-state index is 5.87. The van der Waals surface area contributed by atoms with Gasteiger partial charge in [-0.2, -0.15) is 5.10 Å². The Morgan fingerprint density at radius 2 is 2.38 bits per heavy atom. The Balaban J connectivity index is 1.82. The van der Waals surface area contributed by atoms with Crippen molar-refractivity contribution in [1.29, 1.82) is 0 Å². The van der Waals surface area contributed by atoms with Crippen LogP contribution in [0.2, 0.25) is 0 Å². The van der Waals surface area contributed by atoms with Crippen LogP contribution >= 0.6 is 11.3 Å². The number of thiophene rings is 1. The van der Waals surface area contributed by atoms with Crippen molar-refractivity contribution in [1.82, 2.24) is 20.2 Å². The van der Waals surface area contributed by atoms with Gasteiger partial charge in [0.1, 0.15) is 12.2 Å². The monoisotopic (exact) mass is 305 g/mol. The molecule has 1 aliphatic rings. The van der Waals surface area contributed by atoms with Crippen molar-refractivity contribution in [2.45, 2.75) is 57.5 Å². The van der Waals surface area contributed by atoms with Crippen molar-refractivity contribution >= 4 is 11.3 Å². The number of hydrogen-bond donors (Lipinski definition) is 2. The average molecular weight is 305 g/mol. The molecule has 0 saturated heterocycles. The van der Waals surface area contributed by atoms with Crippen LogP contribution in [0.1, 0.15) is 54.9 Å². The van der Waals surface area contributed by atoms with Crippen LogP contribution in [0.5, 0.6) is 0 Å². The fraction of sp³-hybridized carbons (Fsp3) is 0.600. The smallest absolute Gasteiger partial charge is 0.138 e. The number of nitrogens with zero attached hydrogens (tertiary/aromatic N) is 3. The summed E-state index contributed by atoms with van der Waals surface area (Å²) in [6.45, 7) is 4.25. The highest BCUT2D eigenvalue weighted by Gasteiger charge is 2.29. The van der Waals surface area contributed by atoms with Gasteiger partial charge in [-0.3, -0.25) is 11.3 Å². The molecule has 0 bridgehead atoms. The van der Waals surface area contributed by atoms with Crippen molar-refractivity contribution < 1.29 is 0 Å². The number of hydrogen-bond acceptors (Lipinski definition) is 5. The first-order valence-electron chi connectivity index (χ1n) is 7.61. The molecule has 2 unspecified atom stereocenters. The zero-order chi connectivity index (χ0) is 14.8. The molecule has 3 N–H and O–H groups in total. The second-order valence-corrected chi connectivity index (χ2v) is 6.99.